The number of fused-ring (bicyclic) bond motifs is 2. The maximum atomic E-state index is 2.37. The zero-order valence-corrected chi connectivity index (χ0v) is 9.61. The van der Waals surface area contributed by atoms with Crippen LogP contribution in [0.4, 0.5) is 0 Å². The summed E-state index contributed by atoms with van der Waals surface area (Å²) in [6.07, 6.45) is 7.15. The molecule has 80 valence electrons. The van der Waals surface area contributed by atoms with E-state index in [0.717, 1.165) is 0 Å². The highest BCUT2D eigenvalue weighted by Gasteiger charge is 2.16. The first-order valence-corrected chi connectivity index (χ1v) is 6.09. The van der Waals surface area contributed by atoms with Crippen LogP contribution in [0.2, 0.25) is 0 Å². The Labute approximate surface area is 96.6 Å². The number of allylic oxidation sites excluding steroid dienone is 1. The van der Waals surface area contributed by atoms with Crippen molar-refractivity contribution in [3.05, 3.63) is 53.6 Å². The molecule has 0 nitrogen and oxygen atoms in total. The van der Waals surface area contributed by atoms with Crippen molar-refractivity contribution >= 4 is 16.8 Å². The van der Waals surface area contributed by atoms with Crippen molar-refractivity contribution in [2.45, 2.75) is 25.7 Å². The van der Waals surface area contributed by atoms with Gasteiger partial charge < -0.3 is 0 Å². The normalized spacial score (nSPS) is 17.9. The maximum Gasteiger partial charge on any atom is 0.00273 e. The minimum atomic E-state index is 0.643. The molecule has 2 aromatic carbocycles. The van der Waals surface area contributed by atoms with E-state index in [0.29, 0.717) is 5.92 Å². The van der Waals surface area contributed by atoms with Crippen LogP contribution in [0.15, 0.2) is 42.5 Å². The van der Waals surface area contributed by atoms with E-state index in [2.05, 4.69) is 55.5 Å². The Balaban J connectivity index is 2.15. The summed E-state index contributed by atoms with van der Waals surface area (Å²) >= 11 is 0. The number of hydrogen-bond acceptors (Lipinski definition) is 0. The highest BCUT2D eigenvalue weighted by Crippen LogP contribution is 2.35. The summed E-state index contributed by atoms with van der Waals surface area (Å²) in [5.74, 6) is 0.643. The molecule has 16 heavy (non-hydrogen) atoms. The summed E-state index contributed by atoms with van der Waals surface area (Å²) in [4.78, 5) is 0. The minimum Gasteiger partial charge on any atom is -0.0764 e. The van der Waals surface area contributed by atoms with E-state index in [1.54, 1.807) is 0 Å². The lowest BCUT2D eigenvalue weighted by Crippen LogP contribution is -1.92. The average Bonchev–Trinajstić information content (AvgIpc) is 2.70. The molecule has 1 unspecified atom stereocenters. The Hall–Kier alpha value is -1.56. The van der Waals surface area contributed by atoms with Crippen molar-refractivity contribution in [3.8, 4) is 0 Å². The van der Waals surface area contributed by atoms with Crippen molar-refractivity contribution < 1.29 is 0 Å². The number of benzene rings is 2. The van der Waals surface area contributed by atoms with Crippen LogP contribution >= 0.6 is 0 Å². The van der Waals surface area contributed by atoms with Crippen molar-refractivity contribution in [2.75, 3.05) is 0 Å². The van der Waals surface area contributed by atoms with Gasteiger partial charge in [-0.2, -0.15) is 0 Å². The fourth-order valence-electron chi connectivity index (χ4n) is 2.63. The Morgan fingerprint density at radius 2 is 1.81 bits per heavy atom. The van der Waals surface area contributed by atoms with E-state index in [-0.39, 0.29) is 0 Å². The molecule has 0 aromatic heterocycles. The third kappa shape index (κ3) is 1.46. The standard InChI is InChI=1S/C16H16/c1-2-5-12-8-9-15-10-13-6-3-4-7-14(13)11-16(12)15/h3-4,6-12H,2,5H2,1H3. The van der Waals surface area contributed by atoms with Gasteiger partial charge in [-0.05, 0) is 40.5 Å². The molecule has 2 aromatic rings. The zero-order valence-electron chi connectivity index (χ0n) is 9.61. The monoisotopic (exact) mass is 208 g/mol. The fourth-order valence-corrected chi connectivity index (χ4v) is 2.63. The second-order valence-electron chi connectivity index (χ2n) is 4.58. The molecule has 0 N–H and O–H groups in total. The number of hydrogen-bond donors (Lipinski definition) is 0. The van der Waals surface area contributed by atoms with Crippen LogP contribution in [0.5, 0.6) is 0 Å². The van der Waals surface area contributed by atoms with E-state index >= 15 is 0 Å². The van der Waals surface area contributed by atoms with Gasteiger partial charge in [-0.15, -0.1) is 0 Å². The van der Waals surface area contributed by atoms with Crippen LogP contribution in [-0.4, -0.2) is 0 Å². The molecule has 0 aliphatic heterocycles. The maximum absolute atomic E-state index is 2.37. The summed E-state index contributed by atoms with van der Waals surface area (Å²) in [6.45, 7) is 2.26. The number of rotatable bonds is 2. The van der Waals surface area contributed by atoms with E-state index in [1.165, 1.54) is 34.7 Å². The van der Waals surface area contributed by atoms with E-state index < -0.39 is 0 Å². The van der Waals surface area contributed by atoms with Gasteiger partial charge in [0.1, 0.15) is 0 Å². The van der Waals surface area contributed by atoms with Crippen LogP contribution < -0.4 is 0 Å². The van der Waals surface area contributed by atoms with Gasteiger partial charge in [0, 0.05) is 5.92 Å². The Kier molecular flexibility index (Phi) is 2.28. The van der Waals surface area contributed by atoms with Gasteiger partial charge in [-0.1, -0.05) is 49.8 Å². The van der Waals surface area contributed by atoms with Crippen molar-refractivity contribution in [1.82, 2.24) is 0 Å². The minimum absolute atomic E-state index is 0.643. The SMILES string of the molecule is CCCC1C=Cc2cc3ccccc3cc21. The Morgan fingerprint density at radius 1 is 1.06 bits per heavy atom. The van der Waals surface area contributed by atoms with Crippen LogP contribution in [0.25, 0.3) is 16.8 Å². The summed E-state index contributed by atoms with van der Waals surface area (Å²) in [6, 6.07) is 13.3. The lowest BCUT2D eigenvalue weighted by atomic mass is 9.94. The van der Waals surface area contributed by atoms with Gasteiger partial charge in [0.2, 0.25) is 0 Å². The lowest BCUT2D eigenvalue weighted by Gasteiger charge is -2.10. The Bertz CT molecular complexity index is 549. The zero-order chi connectivity index (χ0) is 11.0. The summed E-state index contributed by atoms with van der Waals surface area (Å²) in [5.41, 5.74) is 2.93. The molecule has 0 heteroatoms. The van der Waals surface area contributed by atoms with E-state index in [9.17, 15) is 0 Å². The molecule has 3 rings (SSSR count). The molecular weight excluding hydrogens is 192 g/mol. The van der Waals surface area contributed by atoms with Crippen LogP contribution in [0, 0.1) is 0 Å². The summed E-state index contributed by atoms with van der Waals surface area (Å²) < 4.78 is 0. The van der Waals surface area contributed by atoms with Crippen molar-refractivity contribution in [1.29, 1.82) is 0 Å². The molecule has 0 saturated heterocycles. The topological polar surface area (TPSA) is 0 Å². The van der Waals surface area contributed by atoms with Gasteiger partial charge in [-0.25, -0.2) is 0 Å². The molecule has 0 amide bonds. The predicted molar refractivity (Wildman–Crippen MR) is 70.6 cm³/mol. The first-order chi connectivity index (χ1) is 7.88. The van der Waals surface area contributed by atoms with Gasteiger partial charge in [0.25, 0.3) is 0 Å². The molecule has 0 heterocycles. The second kappa shape index (κ2) is 3.79. The fraction of sp³-hybridized carbons (Fsp3) is 0.250. The van der Waals surface area contributed by atoms with E-state index in [4.69, 9.17) is 0 Å². The molecule has 1 aliphatic carbocycles. The van der Waals surface area contributed by atoms with Gasteiger partial charge >= 0.3 is 0 Å². The molecule has 1 atom stereocenters. The molecule has 0 fully saturated rings. The highest BCUT2D eigenvalue weighted by atomic mass is 14.2. The van der Waals surface area contributed by atoms with Crippen LogP contribution in [-0.2, 0) is 0 Å². The molecule has 0 saturated carbocycles. The molecule has 0 radical (unpaired) electrons. The molecular formula is C16H16. The summed E-state index contributed by atoms with van der Waals surface area (Å²) in [7, 11) is 0. The predicted octanol–water partition coefficient (Wildman–Crippen LogP) is 4.75. The third-order valence-electron chi connectivity index (χ3n) is 3.46. The molecule has 0 bridgehead atoms. The molecule has 0 spiro atoms. The van der Waals surface area contributed by atoms with Gasteiger partial charge in [0.05, 0.1) is 0 Å². The second-order valence-corrected chi connectivity index (χ2v) is 4.58. The first kappa shape index (κ1) is 9.65. The quantitative estimate of drug-likeness (QED) is 0.668. The summed E-state index contributed by atoms with van der Waals surface area (Å²) in [5, 5.41) is 2.72. The van der Waals surface area contributed by atoms with Gasteiger partial charge in [0.15, 0.2) is 0 Å². The largest absolute Gasteiger partial charge is 0.0764 e. The van der Waals surface area contributed by atoms with Gasteiger partial charge in [-0.3, -0.25) is 0 Å². The van der Waals surface area contributed by atoms with Crippen molar-refractivity contribution in [3.63, 3.8) is 0 Å². The first-order valence-electron chi connectivity index (χ1n) is 6.09. The average molecular weight is 208 g/mol. The molecule has 1 aliphatic rings. The van der Waals surface area contributed by atoms with Crippen molar-refractivity contribution in [2.24, 2.45) is 0 Å². The van der Waals surface area contributed by atoms with Crippen LogP contribution in [0.3, 0.4) is 0 Å². The third-order valence-corrected chi connectivity index (χ3v) is 3.46. The van der Waals surface area contributed by atoms with E-state index in [1.807, 2.05) is 0 Å². The van der Waals surface area contributed by atoms with Crippen LogP contribution in [0.1, 0.15) is 36.8 Å². The smallest absolute Gasteiger partial charge is 0.00273 e. The lowest BCUT2D eigenvalue weighted by molar-refractivity contribution is 0.726. The highest BCUT2D eigenvalue weighted by molar-refractivity contribution is 5.87. The Morgan fingerprint density at radius 3 is 2.56 bits per heavy atom.